The van der Waals surface area contributed by atoms with Gasteiger partial charge >= 0.3 is 5.97 Å². The van der Waals surface area contributed by atoms with Gasteiger partial charge in [-0.15, -0.1) is 0 Å². The normalized spacial score (nSPS) is 11.3. The van der Waals surface area contributed by atoms with E-state index in [0.29, 0.717) is 28.3 Å². The Kier molecular flexibility index (Phi) is 5.82. The Balaban J connectivity index is 2.10. The second kappa shape index (κ2) is 8.46. The molecule has 28 heavy (non-hydrogen) atoms. The van der Waals surface area contributed by atoms with Crippen LogP contribution in [0.1, 0.15) is 17.2 Å². The minimum absolute atomic E-state index is 0.448. The molecule has 0 saturated carbocycles. The van der Waals surface area contributed by atoms with Crippen LogP contribution in [0.15, 0.2) is 53.2 Å². The van der Waals surface area contributed by atoms with Gasteiger partial charge in [-0.2, -0.15) is 16.6 Å². The Morgan fingerprint density at radius 3 is 2.36 bits per heavy atom. The topological polar surface area (TPSA) is 91.6 Å². The van der Waals surface area contributed by atoms with E-state index in [1.165, 1.54) is 18.4 Å². The molecule has 0 bridgehead atoms. The second-order valence-corrected chi connectivity index (χ2v) is 6.69. The number of nitrogens with one attached hydrogen (secondary N) is 1. The van der Waals surface area contributed by atoms with E-state index in [9.17, 15) is 9.90 Å². The molecule has 0 aliphatic heterocycles. The fourth-order valence-electron chi connectivity index (χ4n) is 2.88. The van der Waals surface area contributed by atoms with E-state index >= 15 is 0 Å². The molecule has 2 N–H and O–H groups in total. The number of nitrogens with zero attached hydrogens (tertiary/aromatic N) is 1. The van der Waals surface area contributed by atoms with E-state index in [4.69, 9.17) is 14.7 Å². The molecule has 0 aliphatic carbocycles. The summed E-state index contributed by atoms with van der Waals surface area (Å²) >= 11 is 1.52. The summed E-state index contributed by atoms with van der Waals surface area (Å²) in [6.45, 7) is 0. The monoisotopic (exact) mass is 394 g/mol. The Labute approximate surface area is 166 Å². The third kappa shape index (κ3) is 3.92. The molecule has 0 amide bonds. The van der Waals surface area contributed by atoms with Crippen molar-refractivity contribution in [3.8, 4) is 28.7 Å². The molecule has 6 nitrogen and oxygen atoms in total. The van der Waals surface area contributed by atoms with Crippen molar-refractivity contribution in [3.05, 3.63) is 64.4 Å². The summed E-state index contributed by atoms with van der Waals surface area (Å²) in [5.41, 5.74) is 3.29. The summed E-state index contributed by atoms with van der Waals surface area (Å²) in [7, 11) is 3.05. The Bertz CT molecular complexity index is 1010. The number of methoxy groups -OCH3 is 2. The zero-order chi connectivity index (χ0) is 20.1. The summed E-state index contributed by atoms with van der Waals surface area (Å²) in [6, 6.07) is 13.0. The van der Waals surface area contributed by atoms with Crippen molar-refractivity contribution in [2.24, 2.45) is 0 Å². The number of carboxylic acids is 1. The van der Waals surface area contributed by atoms with Crippen molar-refractivity contribution in [2.75, 3.05) is 19.5 Å². The number of hydrogen-bond donors (Lipinski definition) is 2. The fourth-order valence-corrected chi connectivity index (χ4v) is 3.54. The molecule has 3 rings (SSSR count). The van der Waals surface area contributed by atoms with Crippen molar-refractivity contribution >= 4 is 23.0 Å². The molecule has 1 heterocycles. The number of thiophene rings is 1. The molecule has 1 aromatic heterocycles. The number of anilines is 1. The first-order chi connectivity index (χ1) is 13.6. The number of carboxylic acid groups (broad SMARTS) is 1. The molecule has 142 valence electrons. The molecule has 7 heteroatoms. The summed E-state index contributed by atoms with van der Waals surface area (Å²) in [5.74, 6) is -0.0626. The lowest BCUT2D eigenvalue weighted by atomic mass is 9.95. The first-order valence-electron chi connectivity index (χ1n) is 8.35. The number of nitriles is 1. The van der Waals surface area contributed by atoms with Gasteiger partial charge in [-0.1, -0.05) is 0 Å². The van der Waals surface area contributed by atoms with Gasteiger partial charge in [0.25, 0.3) is 0 Å². The van der Waals surface area contributed by atoms with Crippen LogP contribution in [0.25, 0.3) is 11.1 Å². The molecule has 0 spiro atoms. The van der Waals surface area contributed by atoms with Crippen LogP contribution in [0.4, 0.5) is 5.69 Å². The third-order valence-corrected chi connectivity index (χ3v) is 4.95. The standard InChI is InChI=1S/C21H18N2O4S/c1-26-18-9-16(14-7-8-28-12-14)17(10-19(18)27-2)20(21(24)25)23-15-5-3-13(11-22)4-6-15/h3-10,12,20,23H,1-2H3,(H,24,25). The van der Waals surface area contributed by atoms with Crippen LogP contribution >= 0.6 is 11.3 Å². The lowest BCUT2D eigenvalue weighted by Crippen LogP contribution is -2.21. The Hall–Kier alpha value is -3.50. The maximum absolute atomic E-state index is 12.1. The predicted octanol–water partition coefficient (Wildman–Crippen LogP) is 4.54. The molecule has 0 fully saturated rings. The van der Waals surface area contributed by atoms with Crippen LogP contribution in [0.5, 0.6) is 11.5 Å². The smallest absolute Gasteiger partial charge is 0.330 e. The maximum Gasteiger partial charge on any atom is 0.330 e. The highest BCUT2D eigenvalue weighted by atomic mass is 32.1. The van der Waals surface area contributed by atoms with Crippen LogP contribution in [0.3, 0.4) is 0 Å². The number of ether oxygens (including phenoxy) is 2. The summed E-state index contributed by atoms with van der Waals surface area (Å²) in [4.78, 5) is 12.1. The summed E-state index contributed by atoms with van der Waals surface area (Å²) in [6.07, 6.45) is 0. The van der Waals surface area contributed by atoms with Gasteiger partial charge in [0.05, 0.1) is 25.9 Å². The molecule has 0 radical (unpaired) electrons. The molecule has 2 aromatic carbocycles. The van der Waals surface area contributed by atoms with Crippen molar-refractivity contribution < 1.29 is 19.4 Å². The number of hydrogen-bond acceptors (Lipinski definition) is 6. The van der Waals surface area contributed by atoms with Gasteiger partial charge in [0.15, 0.2) is 17.5 Å². The number of carbonyl (C=O) groups is 1. The molecule has 0 saturated heterocycles. The van der Waals surface area contributed by atoms with Gasteiger partial charge in [0, 0.05) is 5.69 Å². The van der Waals surface area contributed by atoms with Crippen molar-refractivity contribution in [1.82, 2.24) is 0 Å². The minimum Gasteiger partial charge on any atom is -0.493 e. The van der Waals surface area contributed by atoms with E-state index in [1.54, 1.807) is 43.5 Å². The minimum atomic E-state index is -1.03. The quantitative estimate of drug-likeness (QED) is 0.611. The average Bonchev–Trinajstić information content (AvgIpc) is 3.26. The van der Waals surface area contributed by atoms with Crippen LogP contribution in [-0.4, -0.2) is 25.3 Å². The molecule has 1 unspecified atom stereocenters. The molecular formula is C21H18N2O4S. The SMILES string of the molecule is COc1cc(-c2ccsc2)c(C(Nc2ccc(C#N)cc2)C(=O)O)cc1OC. The van der Waals surface area contributed by atoms with Gasteiger partial charge < -0.3 is 19.9 Å². The van der Waals surface area contributed by atoms with Crippen molar-refractivity contribution in [2.45, 2.75) is 6.04 Å². The third-order valence-electron chi connectivity index (χ3n) is 4.27. The van der Waals surface area contributed by atoms with Gasteiger partial charge in [0.2, 0.25) is 0 Å². The van der Waals surface area contributed by atoms with Crippen LogP contribution in [0, 0.1) is 11.3 Å². The second-order valence-electron chi connectivity index (χ2n) is 5.91. The van der Waals surface area contributed by atoms with Crippen molar-refractivity contribution in [1.29, 1.82) is 5.26 Å². The fraction of sp³-hybridized carbons (Fsp3) is 0.143. The molecule has 3 aromatic rings. The highest BCUT2D eigenvalue weighted by Gasteiger charge is 2.26. The van der Waals surface area contributed by atoms with Gasteiger partial charge in [-0.3, -0.25) is 0 Å². The number of rotatable bonds is 7. The first-order valence-corrected chi connectivity index (χ1v) is 9.29. The van der Waals surface area contributed by atoms with Crippen LogP contribution < -0.4 is 14.8 Å². The Morgan fingerprint density at radius 1 is 1.14 bits per heavy atom. The first kappa shape index (κ1) is 19.3. The molecular weight excluding hydrogens is 376 g/mol. The van der Waals surface area contributed by atoms with E-state index in [-0.39, 0.29) is 0 Å². The number of aliphatic carboxylic acids is 1. The van der Waals surface area contributed by atoms with Gasteiger partial charge in [0.1, 0.15) is 0 Å². The van der Waals surface area contributed by atoms with E-state index < -0.39 is 12.0 Å². The van der Waals surface area contributed by atoms with E-state index in [1.807, 2.05) is 22.9 Å². The van der Waals surface area contributed by atoms with Crippen LogP contribution in [0.2, 0.25) is 0 Å². The number of benzene rings is 2. The van der Waals surface area contributed by atoms with Crippen LogP contribution in [-0.2, 0) is 4.79 Å². The zero-order valence-corrected chi connectivity index (χ0v) is 16.1. The summed E-state index contributed by atoms with van der Waals surface area (Å²) < 4.78 is 10.8. The predicted molar refractivity (Wildman–Crippen MR) is 108 cm³/mol. The largest absolute Gasteiger partial charge is 0.493 e. The van der Waals surface area contributed by atoms with E-state index in [0.717, 1.165) is 11.1 Å². The lowest BCUT2D eigenvalue weighted by Gasteiger charge is -2.21. The zero-order valence-electron chi connectivity index (χ0n) is 15.3. The Morgan fingerprint density at radius 2 is 1.82 bits per heavy atom. The maximum atomic E-state index is 12.1. The van der Waals surface area contributed by atoms with Gasteiger partial charge in [-0.25, -0.2) is 4.79 Å². The molecule has 1 atom stereocenters. The summed E-state index contributed by atoms with van der Waals surface area (Å²) in [5, 5.41) is 25.8. The van der Waals surface area contributed by atoms with E-state index in [2.05, 4.69) is 5.32 Å². The lowest BCUT2D eigenvalue weighted by molar-refractivity contribution is -0.138. The highest BCUT2D eigenvalue weighted by molar-refractivity contribution is 7.08. The van der Waals surface area contributed by atoms with Crippen molar-refractivity contribution in [3.63, 3.8) is 0 Å². The molecule has 0 aliphatic rings. The average molecular weight is 394 g/mol. The van der Waals surface area contributed by atoms with Gasteiger partial charge in [-0.05, 0) is 69.9 Å². The highest BCUT2D eigenvalue weighted by Crippen LogP contribution is 2.40.